The van der Waals surface area contributed by atoms with Crippen molar-refractivity contribution in [2.45, 2.75) is 13.3 Å². The van der Waals surface area contributed by atoms with Gasteiger partial charge in [-0.1, -0.05) is 0 Å². The lowest BCUT2D eigenvalue weighted by molar-refractivity contribution is 0.147. The van der Waals surface area contributed by atoms with E-state index in [9.17, 15) is 0 Å². The molecule has 0 amide bonds. The molecule has 0 aliphatic heterocycles. The standard InChI is InChI=1S/C12H20N2O2/c1-3-16-8-4-7-14-10-5-6-11(13)12(9-10)15-2/h5-6,9,14H,3-4,7-8,13H2,1-2H3. The van der Waals surface area contributed by atoms with Crippen molar-refractivity contribution in [1.29, 1.82) is 0 Å². The first kappa shape index (κ1) is 12.6. The van der Waals surface area contributed by atoms with Crippen LogP contribution in [-0.4, -0.2) is 26.9 Å². The molecule has 0 spiro atoms. The quantitative estimate of drug-likeness (QED) is 0.550. The van der Waals surface area contributed by atoms with E-state index in [1.807, 2.05) is 25.1 Å². The number of nitrogens with one attached hydrogen (secondary N) is 1. The number of hydrogen-bond donors (Lipinski definition) is 2. The first-order valence-electron chi connectivity index (χ1n) is 5.53. The molecule has 0 radical (unpaired) electrons. The number of rotatable bonds is 7. The topological polar surface area (TPSA) is 56.5 Å². The lowest BCUT2D eigenvalue weighted by Gasteiger charge is -2.09. The second-order valence-electron chi connectivity index (χ2n) is 3.43. The van der Waals surface area contributed by atoms with Gasteiger partial charge in [0.15, 0.2) is 0 Å². The third-order valence-corrected chi connectivity index (χ3v) is 2.23. The van der Waals surface area contributed by atoms with E-state index in [0.717, 1.165) is 31.9 Å². The van der Waals surface area contributed by atoms with E-state index in [4.69, 9.17) is 15.2 Å². The van der Waals surface area contributed by atoms with Gasteiger partial charge in [-0.15, -0.1) is 0 Å². The number of nitrogen functional groups attached to an aromatic ring is 1. The van der Waals surface area contributed by atoms with Gasteiger partial charge in [0.2, 0.25) is 0 Å². The van der Waals surface area contributed by atoms with Crippen molar-refractivity contribution in [2.24, 2.45) is 0 Å². The third-order valence-electron chi connectivity index (χ3n) is 2.23. The van der Waals surface area contributed by atoms with Gasteiger partial charge in [0.1, 0.15) is 5.75 Å². The van der Waals surface area contributed by atoms with Crippen LogP contribution in [0.2, 0.25) is 0 Å². The first-order chi connectivity index (χ1) is 7.77. The normalized spacial score (nSPS) is 10.1. The summed E-state index contributed by atoms with van der Waals surface area (Å²) in [7, 11) is 1.62. The zero-order chi connectivity index (χ0) is 11.8. The molecule has 4 heteroatoms. The minimum absolute atomic E-state index is 0.655. The number of nitrogens with two attached hydrogens (primary N) is 1. The first-order valence-corrected chi connectivity index (χ1v) is 5.53. The fourth-order valence-corrected chi connectivity index (χ4v) is 1.37. The summed E-state index contributed by atoms with van der Waals surface area (Å²) in [5.41, 5.74) is 7.39. The van der Waals surface area contributed by atoms with Gasteiger partial charge in [-0.25, -0.2) is 0 Å². The summed E-state index contributed by atoms with van der Waals surface area (Å²) in [6.07, 6.45) is 0.987. The van der Waals surface area contributed by atoms with Crippen LogP contribution in [0.25, 0.3) is 0 Å². The summed E-state index contributed by atoms with van der Waals surface area (Å²) >= 11 is 0. The maximum atomic E-state index is 5.72. The Kier molecular flexibility index (Phi) is 5.50. The van der Waals surface area contributed by atoms with Crippen LogP contribution in [0.3, 0.4) is 0 Å². The Balaban J connectivity index is 2.36. The van der Waals surface area contributed by atoms with Crippen LogP contribution in [0.15, 0.2) is 18.2 Å². The highest BCUT2D eigenvalue weighted by molar-refractivity contribution is 5.61. The van der Waals surface area contributed by atoms with E-state index in [-0.39, 0.29) is 0 Å². The molecule has 0 fully saturated rings. The predicted molar refractivity (Wildman–Crippen MR) is 67.0 cm³/mol. The molecule has 0 aromatic heterocycles. The van der Waals surface area contributed by atoms with Gasteiger partial charge in [-0.3, -0.25) is 0 Å². The molecule has 0 saturated heterocycles. The largest absolute Gasteiger partial charge is 0.495 e. The fraction of sp³-hybridized carbons (Fsp3) is 0.500. The number of hydrogen-bond acceptors (Lipinski definition) is 4. The molecule has 0 heterocycles. The predicted octanol–water partition coefficient (Wildman–Crippen LogP) is 2.12. The highest BCUT2D eigenvalue weighted by atomic mass is 16.5. The van der Waals surface area contributed by atoms with Crippen molar-refractivity contribution >= 4 is 11.4 Å². The van der Waals surface area contributed by atoms with E-state index in [0.29, 0.717) is 11.4 Å². The molecule has 4 nitrogen and oxygen atoms in total. The highest BCUT2D eigenvalue weighted by Crippen LogP contribution is 2.24. The number of benzene rings is 1. The van der Waals surface area contributed by atoms with E-state index >= 15 is 0 Å². The average molecular weight is 224 g/mol. The second-order valence-corrected chi connectivity index (χ2v) is 3.43. The van der Waals surface area contributed by atoms with Gasteiger partial charge >= 0.3 is 0 Å². The lowest BCUT2D eigenvalue weighted by Crippen LogP contribution is -2.06. The van der Waals surface area contributed by atoms with Crippen molar-refractivity contribution in [3.8, 4) is 5.75 Å². The van der Waals surface area contributed by atoms with Crippen LogP contribution in [0, 0.1) is 0 Å². The Morgan fingerprint density at radius 2 is 2.19 bits per heavy atom. The van der Waals surface area contributed by atoms with Gasteiger partial charge in [0.05, 0.1) is 12.8 Å². The second kappa shape index (κ2) is 6.95. The van der Waals surface area contributed by atoms with Crippen LogP contribution in [0.5, 0.6) is 5.75 Å². The summed E-state index contributed by atoms with van der Waals surface area (Å²) in [5, 5.41) is 3.29. The van der Waals surface area contributed by atoms with Gasteiger partial charge in [0.25, 0.3) is 0 Å². The molecule has 3 N–H and O–H groups in total. The third kappa shape index (κ3) is 3.98. The molecular weight excluding hydrogens is 204 g/mol. The van der Waals surface area contributed by atoms with Crippen LogP contribution < -0.4 is 15.8 Å². The molecule has 1 rings (SSSR count). The van der Waals surface area contributed by atoms with Crippen molar-refractivity contribution in [2.75, 3.05) is 37.9 Å². The van der Waals surface area contributed by atoms with E-state index in [1.54, 1.807) is 7.11 Å². The lowest BCUT2D eigenvalue weighted by atomic mass is 10.2. The highest BCUT2D eigenvalue weighted by Gasteiger charge is 2.00. The van der Waals surface area contributed by atoms with Gasteiger partial charge < -0.3 is 20.5 Å². The van der Waals surface area contributed by atoms with E-state index < -0.39 is 0 Å². The monoisotopic (exact) mass is 224 g/mol. The van der Waals surface area contributed by atoms with Crippen LogP contribution >= 0.6 is 0 Å². The summed E-state index contributed by atoms with van der Waals surface area (Å²) in [6, 6.07) is 5.68. The number of methoxy groups -OCH3 is 1. The van der Waals surface area contributed by atoms with E-state index in [2.05, 4.69) is 5.32 Å². The zero-order valence-corrected chi connectivity index (χ0v) is 9.95. The maximum Gasteiger partial charge on any atom is 0.143 e. The number of anilines is 2. The Morgan fingerprint density at radius 1 is 1.38 bits per heavy atom. The Morgan fingerprint density at radius 3 is 2.88 bits per heavy atom. The average Bonchev–Trinajstić information content (AvgIpc) is 2.31. The van der Waals surface area contributed by atoms with Crippen LogP contribution in [0.1, 0.15) is 13.3 Å². The maximum absolute atomic E-state index is 5.72. The SMILES string of the molecule is CCOCCCNc1ccc(N)c(OC)c1. The molecule has 0 atom stereocenters. The van der Waals surface area contributed by atoms with Crippen molar-refractivity contribution in [3.05, 3.63) is 18.2 Å². The Bertz CT molecular complexity index is 316. The summed E-state index contributed by atoms with van der Waals surface area (Å²) in [5.74, 6) is 0.704. The molecule has 16 heavy (non-hydrogen) atoms. The molecule has 0 bridgehead atoms. The summed E-state index contributed by atoms with van der Waals surface area (Å²) in [4.78, 5) is 0. The van der Waals surface area contributed by atoms with Crippen LogP contribution in [-0.2, 0) is 4.74 Å². The molecular formula is C12H20N2O2. The molecule has 0 aliphatic carbocycles. The summed E-state index contributed by atoms with van der Waals surface area (Å²) < 4.78 is 10.4. The Hall–Kier alpha value is -1.42. The smallest absolute Gasteiger partial charge is 0.143 e. The molecule has 90 valence electrons. The molecule has 1 aromatic carbocycles. The molecule has 0 saturated carbocycles. The molecule has 0 aliphatic rings. The molecule has 1 aromatic rings. The van der Waals surface area contributed by atoms with E-state index in [1.165, 1.54) is 0 Å². The number of ether oxygens (including phenoxy) is 2. The minimum Gasteiger partial charge on any atom is -0.495 e. The zero-order valence-electron chi connectivity index (χ0n) is 9.95. The fourth-order valence-electron chi connectivity index (χ4n) is 1.37. The minimum atomic E-state index is 0.655. The van der Waals surface area contributed by atoms with Crippen molar-refractivity contribution in [3.63, 3.8) is 0 Å². The van der Waals surface area contributed by atoms with Crippen LogP contribution in [0.4, 0.5) is 11.4 Å². The van der Waals surface area contributed by atoms with Gasteiger partial charge in [-0.2, -0.15) is 0 Å². The molecule has 0 unspecified atom stereocenters. The Labute approximate surface area is 96.7 Å². The summed E-state index contributed by atoms with van der Waals surface area (Å²) in [6.45, 7) is 4.44. The van der Waals surface area contributed by atoms with Crippen molar-refractivity contribution < 1.29 is 9.47 Å². The van der Waals surface area contributed by atoms with Crippen molar-refractivity contribution in [1.82, 2.24) is 0 Å². The van der Waals surface area contributed by atoms with Gasteiger partial charge in [0, 0.05) is 31.5 Å². The van der Waals surface area contributed by atoms with Gasteiger partial charge in [-0.05, 0) is 25.5 Å².